The van der Waals surface area contributed by atoms with E-state index in [1.807, 2.05) is 42.5 Å². The van der Waals surface area contributed by atoms with Crippen molar-refractivity contribution in [3.05, 3.63) is 72.3 Å². The van der Waals surface area contributed by atoms with Crippen LogP contribution in [0.3, 0.4) is 0 Å². The summed E-state index contributed by atoms with van der Waals surface area (Å²) in [5.41, 5.74) is 1.87. The van der Waals surface area contributed by atoms with Crippen LogP contribution in [0.25, 0.3) is 10.8 Å². The fraction of sp³-hybridized carbons (Fsp3) is 0.136. The summed E-state index contributed by atoms with van der Waals surface area (Å²) in [6.45, 7) is 1.48. The lowest BCUT2D eigenvalue weighted by molar-refractivity contribution is -0.114. The predicted octanol–water partition coefficient (Wildman–Crippen LogP) is 4.35. The van der Waals surface area contributed by atoms with E-state index < -0.39 is 0 Å². The largest absolute Gasteiger partial charge is 0.325 e. The molecule has 0 spiro atoms. The molecule has 0 aliphatic carbocycles. The molecule has 0 unspecified atom stereocenters. The van der Waals surface area contributed by atoms with Crippen LogP contribution in [0.4, 0.5) is 11.4 Å². The zero-order valence-electron chi connectivity index (χ0n) is 15.4. The molecule has 0 saturated carbocycles. The Morgan fingerprint density at radius 1 is 0.821 bits per heavy atom. The molecule has 0 aliphatic rings. The molecular formula is C22H20N2O3S. The Bertz CT molecular complexity index is 1030. The highest BCUT2D eigenvalue weighted by molar-refractivity contribution is 8.00. The van der Waals surface area contributed by atoms with Crippen molar-refractivity contribution in [2.24, 2.45) is 0 Å². The van der Waals surface area contributed by atoms with Crippen molar-refractivity contribution >= 4 is 51.5 Å². The highest BCUT2D eigenvalue weighted by atomic mass is 32.2. The van der Waals surface area contributed by atoms with E-state index in [2.05, 4.69) is 10.6 Å². The second kappa shape index (κ2) is 9.19. The molecule has 28 heavy (non-hydrogen) atoms. The number of hydrogen-bond donors (Lipinski definition) is 2. The molecule has 0 heterocycles. The minimum absolute atomic E-state index is 0.0596. The van der Waals surface area contributed by atoms with E-state index in [0.29, 0.717) is 11.3 Å². The number of amides is 2. The Kier molecular flexibility index (Phi) is 6.45. The SMILES string of the molecule is CC(=O)c1cccc(NC(=O)CSCC(=O)Nc2cccc3ccccc23)c1. The summed E-state index contributed by atoms with van der Waals surface area (Å²) in [5.74, 6) is -0.121. The molecule has 0 atom stereocenters. The minimum Gasteiger partial charge on any atom is -0.325 e. The lowest BCUT2D eigenvalue weighted by Gasteiger charge is -2.09. The first kappa shape index (κ1) is 19.6. The molecule has 2 N–H and O–H groups in total. The predicted molar refractivity (Wildman–Crippen MR) is 115 cm³/mol. The van der Waals surface area contributed by atoms with Gasteiger partial charge in [0.15, 0.2) is 5.78 Å². The van der Waals surface area contributed by atoms with Gasteiger partial charge in [-0.1, -0.05) is 48.5 Å². The van der Waals surface area contributed by atoms with Crippen LogP contribution >= 0.6 is 11.8 Å². The molecule has 0 aliphatic heterocycles. The summed E-state index contributed by atoms with van der Waals surface area (Å²) in [6, 6.07) is 20.4. The van der Waals surface area contributed by atoms with Crippen molar-refractivity contribution in [1.82, 2.24) is 0 Å². The first-order valence-electron chi connectivity index (χ1n) is 8.79. The van der Waals surface area contributed by atoms with Gasteiger partial charge in [0, 0.05) is 22.3 Å². The first-order chi connectivity index (χ1) is 13.5. The number of rotatable bonds is 7. The molecule has 5 nitrogen and oxygen atoms in total. The topological polar surface area (TPSA) is 75.3 Å². The van der Waals surface area contributed by atoms with Crippen LogP contribution in [0, 0.1) is 0 Å². The maximum Gasteiger partial charge on any atom is 0.234 e. The van der Waals surface area contributed by atoms with E-state index in [1.165, 1.54) is 18.7 Å². The van der Waals surface area contributed by atoms with Crippen LogP contribution in [0.2, 0.25) is 0 Å². The van der Waals surface area contributed by atoms with Crippen LogP contribution in [0.15, 0.2) is 66.7 Å². The molecule has 0 fully saturated rings. The lowest BCUT2D eigenvalue weighted by atomic mass is 10.1. The smallest absolute Gasteiger partial charge is 0.234 e. The molecule has 3 rings (SSSR count). The number of Topliss-reactive ketones (excluding diaryl/α,β-unsaturated/α-hetero) is 1. The summed E-state index contributed by atoms with van der Waals surface area (Å²) in [4.78, 5) is 35.7. The molecule has 0 bridgehead atoms. The van der Waals surface area contributed by atoms with E-state index in [4.69, 9.17) is 0 Å². The van der Waals surface area contributed by atoms with Crippen molar-refractivity contribution in [1.29, 1.82) is 0 Å². The van der Waals surface area contributed by atoms with Crippen molar-refractivity contribution in [2.45, 2.75) is 6.92 Å². The highest BCUT2D eigenvalue weighted by Crippen LogP contribution is 2.23. The molecular weight excluding hydrogens is 372 g/mol. The number of ketones is 1. The second-order valence-electron chi connectivity index (χ2n) is 6.25. The van der Waals surface area contributed by atoms with Gasteiger partial charge in [0.1, 0.15) is 0 Å². The summed E-state index contributed by atoms with van der Waals surface area (Å²) < 4.78 is 0. The van der Waals surface area contributed by atoms with Gasteiger partial charge in [-0.15, -0.1) is 11.8 Å². The zero-order chi connectivity index (χ0) is 19.9. The Hall–Kier alpha value is -3.12. The Morgan fingerprint density at radius 3 is 2.29 bits per heavy atom. The van der Waals surface area contributed by atoms with Gasteiger partial charge in [0.25, 0.3) is 0 Å². The maximum atomic E-state index is 12.2. The fourth-order valence-corrected chi connectivity index (χ4v) is 3.39. The molecule has 142 valence electrons. The van der Waals surface area contributed by atoms with E-state index in [1.54, 1.807) is 24.3 Å². The van der Waals surface area contributed by atoms with Gasteiger partial charge in [-0.05, 0) is 30.5 Å². The lowest BCUT2D eigenvalue weighted by Crippen LogP contribution is -2.18. The van der Waals surface area contributed by atoms with Gasteiger partial charge in [0.2, 0.25) is 11.8 Å². The third-order valence-electron chi connectivity index (χ3n) is 4.08. The number of anilines is 2. The van der Waals surface area contributed by atoms with E-state index in [-0.39, 0.29) is 29.1 Å². The number of fused-ring (bicyclic) bond motifs is 1. The molecule has 0 aromatic heterocycles. The number of nitrogens with one attached hydrogen (secondary N) is 2. The van der Waals surface area contributed by atoms with E-state index in [9.17, 15) is 14.4 Å². The van der Waals surface area contributed by atoms with Gasteiger partial charge in [-0.2, -0.15) is 0 Å². The number of thioether (sulfide) groups is 1. The van der Waals surface area contributed by atoms with Crippen molar-refractivity contribution < 1.29 is 14.4 Å². The Morgan fingerprint density at radius 2 is 1.50 bits per heavy atom. The van der Waals surface area contributed by atoms with Crippen LogP contribution in [-0.2, 0) is 9.59 Å². The van der Waals surface area contributed by atoms with Gasteiger partial charge < -0.3 is 10.6 Å². The van der Waals surface area contributed by atoms with Crippen LogP contribution in [-0.4, -0.2) is 29.1 Å². The number of benzene rings is 3. The molecule has 3 aromatic rings. The van der Waals surface area contributed by atoms with Gasteiger partial charge in [-0.3, -0.25) is 14.4 Å². The van der Waals surface area contributed by atoms with Crippen LogP contribution < -0.4 is 10.6 Å². The maximum absolute atomic E-state index is 12.2. The van der Waals surface area contributed by atoms with Crippen molar-refractivity contribution in [3.63, 3.8) is 0 Å². The summed E-state index contributed by atoms with van der Waals surface area (Å²) >= 11 is 1.23. The third kappa shape index (κ3) is 5.20. The van der Waals surface area contributed by atoms with Gasteiger partial charge in [-0.25, -0.2) is 0 Å². The number of carbonyl (C=O) groups excluding carboxylic acids is 3. The monoisotopic (exact) mass is 392 g/mol. The second-order valence-corrected chi connectivity index (χ2v) is 7.24. The summed E-state index contributed by atoms with van der Waals surface area (Å²) in [6.07, 6.45) is 0. The summed E-state index contributed by atoms with van der Waals surface area (Å²) in [7, 11) is 0. The molecule has 2 amide bonds. The van der Waals surface area contributed by atoms with Gasteiger partial charge in [0.05, 0.1) is 11.5 Å². The molecule has 6 heteroatoms. The minimum atomic E-state index is -0.219. The standard InChI is InChI=1S/C22H20N2O3S/c1-15(25)17-8-4-9-18(12-17)23-21(26)13-28-14-22(27)24-20-11-5-7-16-6-2-3-10-19(16)20/h2-12H,13-14H2,1H3,(H,23,26)(H,24,27). The quantitative estimate of drug-likeness (QED) is 0.586. The van der Waals surface area contributed by atoms with E-state index in [0.717, 1.165) is 16.5 Å². The average Bonchev–Trinajstić information content (AvgIpc) is 2.68. The third-order valence-corrected chi connectivity index (χ3v) is 5.02. The van der Waals surface area contributed by atoms with Crippen molar-refractivity contribution in [2.75, 3.05) is 22.1 Å². The molecule has 0 saturated heterocycles. The Balaban J connectivity index is 1.49. The first-order valence-corrected chi connectivity index (χ1v) is 9.94. The number of hydrogen-bond acceptors (Lipinski definition) is 4. The molecule has 3 aromatic carbocycles. The fourth-order valence-electron chi connectivity index (χ4n) is 2.77. The van der Waals surface area contributed by atoms with E-state index >= 15 is 0 Å². The van der Waals surface area contributed by atoms with Crippen molar-refractivity contribution in [3.8, 4) is 0 Å². The molecule has 0 radical (unpaired) electrons. The normalized spacial score (nSPS) is 10.5. The Labute approximate surface area is 167 Å². The van der Waals surface area contributed by atoms with Crippen LogP contribution in [0.1, 0.15) is 17.3 Å². The zero-order valence-corrected chi connectivity index (χ0v) is 16.2. The number of carbonyl (C=O) groups is 3. The van der Waals surface area contributed by atoms with Gasteiger partial charge >= 0.3 is 0 Å². The average molecular weight is 392 g/mol. The highest BCUT2D eigenvalue weighted by Gasteiger charge is 2.09. The summed E-state index contributed by atoms with van der Waals surface area (Å²) in [5, 5.41) is 7.67. The van der Waals surface area contributed by atoms with Crippen LogP contribution in [0.5, 0.6) is 0 Å².